The van der Waals surface area contributed by atoms with Crippen LogP contribution in [0.5, 0.6) is 0 Å². The maximum Gasteiger partial charge on any atom is 0.191 e. The normalized spacial score (nSPS) is 15.6. The van der Waals surface area contributed by atoms with Crippen molar-refractivity contribution in [2.24, 2.45) is 0 Å². The lowest BCUT2D eigenvalue weighted by atomic mass is 10.0. The standard InChI is InChI=1S/C14H22N2/c1-16(2,3)11-10-15-9-8-13-6-4-5-7-14(13)12-15/h4-7,12H,8-11H2,1-3H3/q+2. The predicted molar refractivity (Wildman–Crippen MR) is 68.2 cm³/mol. The summed E-state index contributed by atoms with van der Waals surface area (Å²) >= 11 is 0. The first-order chi connectivity index (χ1) is 7.54. The van der Waals surface area contributed by atoms with Gasteiger partial charge in [0.05, 0.1) is 21.1 Å². The van der Waals surface area contributed by atoms with Gasteiger partial charge in [-0.3, -0.25) is 0 Å². The van der Waals surface area contributed by atoms with Gasteiger partial charge in [-0.1, -0.05) is 18.2 Å². The highest BCUT2D eigenvalue weighted by atomic mass is 15.3. The summed E-state index contributed by atoms with van der Waals surface area (Å²) in [6, 6.07) is 8.71. The summed E-state index contributed by atoms with van der Waals surface area (Å²) in [5.74, 6) is 0. The van der Waals surface area contributed by atoms with E-state index in [-0.39, 0.29) is 0 Å². The maximum atomic E-state index is 2.45. The Morgan fingerprint density at radius 3 is 2.69 bits per heavy atom. The number of hydrogen-bond acceptors (Lipinski definition) is 0. The summed E-state index contributed by atoms with van der Waals surface area (Å²) in [7, 11) is 6.74. The topological polar surface area (TPSA) is 3.01 Å². The van der Waals surface area contributed by atoms with Gasteiger partial charge in [0.15, 0.2) is 12.8 Å². The number of likely N-dealkylation sites (N-methyl/N-ethyl adjacent to an activating group) is 1. The van der Waals surface area contributed by atoms with E-state index in [0.717, 1.165) is 17.6 Å². The van der Waals surface area contributed by atoms with E-state index in [4.69, 9.17) is 0 Å². The van der Waals surface area contributed by atoms with E-state index in [1.807, 2.05) is 0 Å². The molecule has 86 valence electrons. The molecule has 0 spiro atoms. The molecule has 16 heavy (non-hydrogen) atoms. The zero-order valence-electron chi connectivity index (χ0n) is 10.6. The van der Waals surface area contributed by atoms with Gasteiger partial charge in [-0.25, -0.2) is 4.58 Å². The minimum atomic E-state index is 1.03. The van der Waals surface area contributed by atoms with Crippen molar-refractivity contribution < 1.29 is 9.06 Å². The number of fused-ring (bicyclic) bond motifs is 1. The molecule has 1 heterocycles. The minimum Gasteiger partial charge on any atom is -0.326 e. The van der Waals surface area contributed by atoms with Crippen molar-refractivity contribution in [1.29, 1.82) is 0 Å². The number of benzene rings is 1. The van der Waals surface area contributed by atoms with Crippen LogP contribution in [0.3, 0.4) is 0 Å². The van der Waals surface area contributed by atoms with E-state index in [9.17, 15) is 0 Å². The van der Waals surface area contributed by atoms with Gasteiger partial charge in [0.2, 0.25) is 0 Å². The SMILES string of the molecule is C[N+](C)(C)CC[N+]1=Cc2ccccc2CC1. The van der Waals surface area contributed by atoms with Crippen LogP contribution in [0.2, 0.25) is 0 Å². The van der Waals surface area contributed by atoms with Gasteiger partial charge in [0.1, 0.15) is 13.1 Å². The molecular weight excluding hydrogens is 196 g/mol. The van der Waals surface area contributed by atoms with Gasteiger partial charge in [0, 0.05) is 12.0 Å². The van der Waals surface area contributed by atoms with Gasteiger partial charge in [-0.05, 0) is 11.6 Å². The lowest BCUT2D eigenvalue weighted by Gasteiger charge is -2.23. The van der Waals surface area contributed by atoms with Crippen molar-refractivity contribution in [2.75, 3.05) is 40.8 Å². The number of quaternary nitrogens is 1. The molecule has 0 aliphatic carbocycles. The van der Waals surface area contributed by atoms with E-state index in [1.54, 1.807) is 0 Å². The highest BCUT2D eigenvalue weighted by molar-refractivity contribution is 5.78. The van der Waals surface area contributed by atoms with Crippen LogP contribution in [0.15, 0.2) is 24.3 Å². The molecule has 2 heteroatoms. The van der Waals surface area contributed by atoms with Crippen molar-refractivity contribution in [3.63, 3.8) is 0 Å². The Labute approximate surface area is 98.4 Å². The summed E-state index contributed by atoms with van der Waals surface area (Å²) in [6.07, 6.45) is 3.50. The van der Waals surface area contributed by atoms with Crippen molar-refractivity contribution in [2.45, 2.75) is 6.42 Å². The molecular formula is C14H22N2+2. The van der Waals surface area contributed by atoms with Crippen LogP contribution in [0, 0.1) is 0 Å². The van der Waals surface area contributed by atoms with Crippen LogP contribution in [0.4, 0.5) is 0 Å². The zero-order valence-corrected chi connectivity index (χ0v) is 10.6. The van der Waals surface area contributed by atoms with Crippen molar-refractivity contribution in [3.8, 4) is 0 Å². The summed E-state index contributed by atoms with van der Waals surface area (Å²) in [5, 5.41) is 0. The lowest BCUT2D eigenvalue weighted by Crippen LogP contribution is -2.40. The monoisotopic (exact) mass is 218 g/mol. The average molecular weight is 218 g/mol. The van der Waals surface area contributed by atoms with Gasteiger partial charge in [0.25, 0.3) is 0 Å². The van der Waals surface area contributed by atoms with Crippen LogP contribution in [-0.2, 0) is 6.42 Å². The zero-order chi connectivity index (χ0) is 11.6. The Bertz CT molecular complexity index is 399. The van der Waals surface area contributed by atoms with E-state index in [0.29, 0.717) is 0 Å². The number of rotatable bonds is 3. The number of hydrogen-bond donors (Lipinski definition) is 0. The smallest absolute Gasteiger partial charge is 0.191 e. The maximum absolute atomic E-state index is 2.45. The Morgan fingerprint density at radius 2 is 1.94 bits per heavy atom. The molecule has 1 aromatic carbocycles. The summed E-state index contributed by atoms with van der Waals surface area (Å²) < 4.78 is 3.48. The van der Waals surface area contributed by atoms with Gasteiger partial charge in [-0.15, -0.1) is 0 Å². The summed E-state index contributed by atoms with van der Waals surface area (Å²) in [5.41, 5.74) is 2.89. The quantitative estimate of drug-likeness (QED) is 0.533. The fourth-order valence-corrected chi connectivity index (χ4v) is 2.02. The molecule has 0 N–H and O–H groups in total. The molecule has 1 aromatic rings. The molecule has 0 fully saturated rings. The average Bonchev–Trinajstić information content (AvgIpc) is 2.25. The highest BCUT2D eigenvalue weighted by Gasteiger charge is 2.17. The largest absolute Gasteiger partial charge is 0.326 e. The van der Waals surface area contributed by atoms with Crippen LogP contribution in [0.25, 0.3) is 0 Å². The molecule has 0 unspecified atom stereocenters. The molecule has 1 aliphatic heterocycles. The molecule has 0 saturated heterocycles. The Balaban J connectivity index is 2.07. The van der Waals surface area contributed by atoms with Gasteiger partial charge < -0.3 is 4.48 Å². The van der Waals surface area contributed by atoms with E-state index in [2.05, 4.69) is 56.2 Å². The molecule has 0 saturated carbocycles. The summed E-state index contributed by atoms with van der Waals surface area (Å²) in [4.78, 5) is 0. The Kier molecular flexibility index (Phi) is 3.10. The third kappa shape index (κ3) is 2.92. The molecule has 0 atom stereocenters. The third-order valence-corrected chi connectivity index (χ3v) is 3.10. The van der Waals surface area contributed by atoms with Crippen LogP contribution < -0.4 is 0 Å². The fraction of sp³-hybridized carbons (Fsp3) is 0.500. The van der Waals surface area contributed by atoms with Crippen molar-refractivity contribution >= 4 is 6.21 Å². The highest BCUT2D eigenvalue weighted by Crippen LogP contribution is 2.11. The second-order valence-electron chi connectivity index (χ2n) is 5.63. The lowest BCUT2D eigenvalue weighted by molar-refractivity contribution is -0.878. The first kappa shape index (κ1) is 11.3. The molecule has 0 amide bonds. The fourth-order valence-electron chi connectivity index (χ4n) is 2.02. The predicted octanol–water partition coefficient (Wildman–Crippen LogP) is 1.38. The van der Waals surface area contributed by atoms with Gasteiger partial charge >= 0.3 is 0 Å². The van der Waals surface area contributed by atoms with E-state index >= 15 is 0 Å². The van der Waals surface area contributed by atoms with Crippen LogP contribution in [-0.4, -0.2) is 56.1 Å². The second-order valence-corrected chi connectivity index (χ2v) is 5.63. The van der Waals surface area contributed by atoms with Crippen LogP contribution in [0.1, 0.15) is 11.1 Å². The van der Waals surface area contributed by atoms with Crippen LogP contribution >= 0.6 is 0 Å². The molecule has 0 radical (unpaired) electrons. The van der Waals surface area contributed by atoms with E-state index < -0.39 is 0 Å². The molecule has 2 rings (SSSR count). The van der Waals surface area contributed by atoms with Gasteiger partial charge in [-0.2, -0.15) is 0 Å². The third-order valence-electron chi connectivity index (χ3n) is 3.10. The summed E-state index contributed by atoms with van der Waals surface area (Å²) in [6.45, 7) is 3.51. The van der Waals surface area contributed by atoms with Crippen molar-refractivity contribution in [1.82, 2.24) is 0 Å². The second kappa shape index (κ2) is 4.38. The first-order valence-corrected chi connectivity index (χ1v) is 6.02. The Hall–Kier alpha value is -1.15. The first-order valence-electron chi connectivity index (χ1n) is 6.02. The minimum absolute atomic E-state index is 1.03. The Morgan fingerprint density at radius 1 is 1.19 bits per heavy atom. The number of nitrogens with zero attached hydrogens (tertiary/aromatic N) is 2. The molecule has 0 bridgehead atoms. The molecule has 0 aromatic heterocycles. The molecule has 2 nitrogen and oxygen atoms in total. The van der Waals surface area contributed by atoms with E-state index in [1.165, 1.54) is 24.1 Å². The van der Waals surface area contributed by atoms with Crippen molar-refractivity contribution in [3.05, 3.63) is 35.4 Å². The molecule has 1 aliphatic rings.